The van der Waals surface area contributed by atoms with Crippen LogP contribution in [0.3, 0.4) is 0 Å². The second-order valence-corrected chi connectivity index (χ2v) is 15.5. The summed E-state index contributed by atoms with van der Waals surface area (Å²) in [6.07, 6.45) is 9.01. The molecule has 260 valence electrons. The smallest absolute Gasteiger partial charge is 0.319 e. The van der Waals surface area contributed by atoms with E-state index in [9.17, 15) is 9.59 Å². The van der Waals surface area contributed by atoms with Crippen molar-refractivity contribution < 1.29 is 49.6 Å². The number of esters is 1. The maximum atomic E-state index is 14.2. The largest absolute Gasteiger partial charge is 0.463 e. The molecule has 0 amide bonds. The van der Waals surface area contributed by atoms with Crippen LogP contribution in [-0.4, -0.2) is 123 Å². The Morgan fingerprint density at radius 2 is 1.64 bits per heavy atom. The fourth-order valence-corrected chi connectivity index (χ4v) is 8.33. The fraction of sp³-hybridized carbons (Fsp3) is 0.914. The molecule has 4 rings (SSSR count). The molecule has 9 nitrogen and oxygen atoms in total. The number of likely N-dealkylation sites (tertiary alicyclic amines) is 1. The minimum atomic E-state index is -1.33. The number of hydrogen-bond acceptors (Lipinski definition) is 9. The molecule has 3 aliphatic heterocycles. The normalized spacial score (nSPS) is 38.8. The number of rotatable bonds is 6. The van der Waals surface area contributed by atoms with E-state index in [0.29, 0.717) is 25.0 Å². The standard InChI is InChI=1S/C35H62N3O6.Mo/c1-23-18-35(6,41-10)32(44-30-17-28(36(7)8)16-24(2)43-30)25(3)31(39)34(4,5)33(40)42-22-29(37(9)19-23)26-20-38(21-26)27-14-12-11-13-15-27;/h17,23-30,32H,11-16,18-22H2,1-10H3;/q-1;/t23-,24-,25+,28+,29+,30+,32-,35-;/m1./s1. The second kappa shape index (κ2) is 16.3. The first-order valence-electron chi connectivity index (χ1n) is 17.2. The number of methoxy groups -OCH3 is 1. The number of carbonyl (C=O) groups excluding carboxylic acids is 2. The maximum Gasteiger partial charge on any atom is 0.319 e. The van der Waals surface area contributed by atoms with E-state index in [1.54, 1.807) is 21.0 Å². The van der Waals surface area contributed by atoms with Crippen molar-refractivity contribution >= 4 is 11.8 Å². The van der Waals surface area contributed by atoms with Crippen LogP contribution in [0.1, 0.15) is 86.5 Å². The average molecular weight is 717 g/mol. The molecule has 0 aromatic carbocycles. The number of carbonyl (C=O) groups is 2. The van der Waals surface area contributed by atoms with Gasteiger partial charge < -0.3 is 23.8 Å². The Morgan fingerprint density at radius 1 is 1.00 bits per heavy atom. The van der Waals surface area contributed by atoms with Crippen LogP contribution in [0.5, 0.6) is 0 Å². The Labute approximate surface area is 288 Å². The summed E-state index contributed by atoms with van der Waals surface area (Å²) in [5.74, 6) is -0.632. The van der Waals surface area contributed by atoms with E-state index in [1.807, 2.05) is 13.8 Å². The molecular weight excluding hydrogens is 654 g/mol. The van der Waals surface area contributed by atoms with Gasteiger partial charge in [0.05, 0.1) is 17.8 Å². The molecule has 0 aromatic rings. The van der Waals surface area contributed by atoms with Crippen molar-refractivity contribution in [2.45, 2.75) is 129 Å². The number of ketones is 1. The molecule has 0 spiro atoms. The zero-order valence-electron chi connectivity index (χ0n) is 29.8. The van der Waals surface area contributed by atoms with Crippen LogP contribution in [0.15, 0.2) is 0 Å². The average Bonchev–Trinajstić information content (AvgIpc) is 2.95. The van der Waals surface area contributed by atoms with E-state index < -0.39 is 35.3 Å². The summed E-state index contributed by atoms with van der Waals surface area (Å²) in [4.78, 5) is 35.0. The zero-order chi connectivity index (χ0) is 32.4. The van der Waals surface area contributed by atoms with Gasteiger partial charge in [-0.2, -0.15) is 0 Å². The van der Waals surface area contributed by atoms with Crippen LogP contribution in [-0.2, 0) is 49.6 Å². The van der Waals surface area contributed by atoms with Gasteiger partial charge in [0.15, 0.2) is 5.78 Å². The van der Waals surface area contributed by atoms with Gasteiger partial charge in [-0.05, 0) is 80.4 Å². The summed E-state index contributed by atoms with van der Waals surface area (Å²) < 4.78 is 25.3. The molecule has 1 saturated carbocycles. The summed E-state index contributed by atoms with van der Waals surface area (Å²) >= 11 is 0. The fourth-order valence-electron chi connectivity index (χ4n) is 8.33. The molecular formula is C35H62MoN3O6-. The topological polar surface area (TPSA) is 80.8 Å². The van der Waals surface area contributed by atoms with Gasteiger partial charge >= 0.3 is 5.97 Å². The van der Waals surface area contributed by atoms with Gasteiger partial charge in [-0.1, -0.05) is 33.1 Å². The summed E-state index contributed by atoms with van der Waals surface area (Å²) in [6.45, 7) is 14.8. The molecule has 1 aliphatic carbocycles. The van der Waals surface area contributed by atoms with E-state index in [0.717, 1.165) is 26.1 Å². The predicted octanol–water partition coefficient (Wildman–Crippen LogP) is 4.42. The van der Waals surface area contributed by atoms with E-state index in [1.165, 1.54) is 32.1 Å². The molecule has 0 radical (unpaired) electrons. The molecule has 4 fully saturated rings. The van der Waals surface area contributed by atoms with Crippen molar-refractivity contribution in [3.63, 3.8) is 0 Å². The molecule has 0 unspecified atom stereocenters. The van der Waals surface area contributed by atoms with Crippen molar-refractivity contribution in [2.75, 3.05) is 54.5 Å². The van der Waals surface area contributed by atoms with Crippen molar-refractivity contribution in [1.82, 2.24) is 14.7 Å². The first-order valence-corrected chi connectivity index (χ1v) is 17.2. The predicted molar refractivity (Wildman–Crippen MR) is 172 cm³/mol. The van der Waals surface area contributed by atoms with Crippen LogP contribution in [0, 0.1) is 29.6 Å². The Kier molecular flexibility index (Phi) is 14.2. The second-order valence-electron chi connectivity index (χ2n) is 15.5. The third kappa shape index (κ3) is 9.19. The quantitative estimate of drug-likeness (QED) is 0.172. The van der Waals surface area contributed by atoms with Gasteiger partial charge in [0.2, 0.25) is 0 Å². The van der Waals surface area contributed by atoms with Crippen LogP contribution < -0.4 is 0 Å². The van der Waals surface area contributed by atoms with Gasteiger partial charge in [-0.3, -0.25) is 25.8 Å². The maximum absolute atomic E-state index is 14.2. The number of nitrogens with zero attached hydrogens (tertiary/aromatic N) is 3. The number of Topliss-reactive ketones (excluding diaryl/α,β-unsaturated/α-hetero) is 1. The minimum Gasteiger partial charge on any atom is -0.463 e. The van der Waals surface area contributed by atoms with Gasteiger partial charge in [-0.25, -0.2) is 0 Å². The van der Waals surface area contributed by atoms with Gasteiger partial charge in [0, 0.05) is 78.0 Å². The molecule has 0 bridgehead atoms. The summed E-state index contributed by atoms with van der Waals surface area (Å²) in [6, 6.07) is 0.982. The molecule has 10 heteroatoms. The minimum absolute atomic E-state index is 0. The Bertz CT molecular complexity index is 971. The third-order valence-corrected chi connectivity index (χ3v) is 11.2. The van der Waals surface area contributed by atoms with E-state index in [-0.39, 0.29) is 51.0 Å². The van der Waals surface area contributed by atoms with E-state index >= 15 is 0 Å². The molecule has 3 heterocycles. The summed E-state index contributed by atoms with van der Waals surface area (Å²) in [7, 11) is 7.96. The summed E-state index contributed by atoms with van der Waals surface area (Å²) in [5, 5.41) is 0. The monoisotopic (exact) mass is 718 g/mol. The number of hydrogen-bond donors (Lipinski definition) is 0. The SMILES string of the molecule is CO[C@]1(C)C[C@@H](C)CN(C)[C@H](C2CN(C3CCCCC3)C2)COC(=O)C(C)(C)C(=O)[C@H](C)[C@H]1O[C@H]1[CH-][C@@H](N(C)C)C[C@@H](C)O1.[Mo]. The van der Waals surface area contributed by atoms with Crippen molar-refractivity contribution in [3.05, 3.63) is 6.42 Å². The van der Waals surface area contributed by atoms with Gasteiger partial charge in [-0.15, -0.1) is 6.04 Å². The number of likely N-dealkylation sites (N-methyl/N-ethyl adjacent to an activating group) is 1. The first-order chi connectivity index (χ1) is 20.7. The van der Waals surface area contributed by atoms with Crippen LogP contribution >= 0.6 is 0 Å². The summed E-state index contributed by atoms with van der Waals surface area (Å²) in [5.41, 5.74) is -2.12. The Balaban J connectivity index is 0.00000552. The molecule has 0 N–H and O–H groups in total. The Morgan fingerprint density at radius 3 is 2.24 bits per heavy atom. The number of cyclic esters (lactones) is 1. The zero-order valence-corrected chi connectivity index (χ0v) is 31.8. The molecule has 0 aromatic heterocycles. The number of ether oxygens (including phenoxy) is 4. The van der Waals surface area contributed by atoms with E-state index in [2.05, 4.69) is 56.1 Å². The molecule has 3 saturated heterocycles. The van der Waals surface area contributed by atoms with Gasteiger partial charge in [0.25, 0.3) is 0 Å². The van der Waals surface area contributed by atoms with Gasteiger partial charge in [0.1, 0.15) is 12.0 Å². The molecule has 8 atom stereocenters. The molecule has 45 heavy (non-hydrogen) atoms. The van der Waals surface area contributed by atoms with Crippen LogP contribution in [0.4, 0.5) is 0 Å². The third-order valence-electron chi connectivity index (χ3n) is 11.2. The van der Waals surface area contributed by atoms with Crippen molar-refractivity contribution in [3.8, 4) is 0 Å². The molecule has 4 aliphatic rings. The van der Waals surface area contributed by atoms with Crippen molar-refractivity contribution in [2.24, 2.45) is 23.2 Å². The Hall–Kier alpha value is -0.412. The van der Waals surface area contributed by atoms with E-state index in [4.69, 9.17) is 18.9 Å². The van der Waals surface area contributed by atoms with Crippen LogP contribution in [0.2, 0.25) is 0 Å². The van der Waals surface area contributed by atoms with Crippen molar-refractivity contribution in [1.29, 1.82) is 0 Å². The van der Waals surface area contributed by atoms with Crippen LogP contribution in [0.25, 0.3) is 0 Å². The first kappa shape index (κ1) is 39.0.